The topological polar surface area (TPSA) is 70.1 Å². The Balaban J connectivity index is 1.73. The molecule has 0 saturated heterocycles. The molecule has 0 atom stereocenters. The Labute approximate surface area is 152 Å². The second-order valence-corrected chi connectivity index (χ2v) is 7.56. The number of rotatable bonds is 7. The van der Waals surface area contributed by atoms with Gasteiger partial charge < -0.3 is 15.7 Å². The Morgan fingerprint density at radius 2 is 2.08 bits per heavy atom. The minimum absolute atomic E-state index is 0.136. The molecule has 0 aliphatic heterocycles. The molecular formula is C17H17BrN4OS. The van der Waals surface area contributed by atoms with Gasteiger partial charge in [0.15, 0.2) is 0 Å². The van der Waals surface area contributed by atoms with Crippen LogP contribution < -0.4 is 10.6 Å². The third kappa shape index (κ3) is 4.61. The van der Waals surface area contributed by atoms with E-state index in [0.29, 0.717) is 19.0 Å². The first-order chi connectivity index (χ1) is 11.7. The van der Waals surface area contributed by atoms with Gasteiger partial charge in [0.1, 0.15) is 0 Å². The lowest BCUT2D eigenvalue weighted by molar-refractivity contribution is 0.292. The van der Waals surface area contributed by atoms with Crippen LogP contribution in [0.2, 0.25) is 0 Å². The molecule has 3 N–H and O–H groups in total. The summed E-state index contributed by atoms with van der Waals surface area (Å²) in [5.41, 5.74) is 2.96. The molecule has 3 aromatic rings. The molecule has 7 heteroatoms. The van der Waals surface area contributed by atoms with E-state index in [0.717, 1.165) is 25.6 Å². The Morgan fingerprint density at radius 1 is 1.17 bits per heavy atom. The van der Waals surface area contributed by atoms with E-state index in [2.05, 4.69) is 36.5 Å². The first kappa shape index (κ1) is 17.0. The van der Waals surface area contributed by atoms with E-state index < -0.39 is 0 Å². The molecule has 2 aromatic heterocycles. The zero-order valence-corrected chi connectivity index (χ0v) is 15.3. The van der Waals surface area contributed by atoms with E-state index in [1.54, 1.807) is 17.5 Å². The Hall–Kier alpha value is -1.80. The van der Waals surface area contributed by atoms with Crippen LogP contribution in [0.5, 0.6) is 0 Å². The Kier molecular flexibility index (Phi) is 5.92. The molecular weight excluding hydrogens is 388 g/mol. The molecule has 0 bridgehead atoms. The van der Waals surface area contributed by atoms with Crippen molar-refractivity contribution >= 4 is 38.9 Å². The predicted octanol–water partition coefficient (Wildman–Crippen LogP) is 3.79. The number of hydrogen-bond acceptors (Lipinski definition) is 6. The highest BCUT2D eigenvalue weighted by molar-refractivity contribution is 9.11. The van der Waals surface area contributed by atoms with E-state index in [9.17, 15) is 0 Å². The maximum atomic E-state index is 8.82. The van der Waals surface area contributed by atoms with Crippen molar-refractivity contribution in [2.24, 2.45) is 0 Å². The number of aromatic nitrogens is 2. The van der Waals surface area contributed by atoms with Crippen molar-refractivity contribution in [2.45, 2.75) is 6.54 Å². The van der Waals surface area contributed by atoms with Crippen molar-refractivity contribution in [2.75, 3.05) is 18.5 Å². The van der Waals surface area contributed by atoms with Crippen LogP contribution in [0.15, 0.2) is 52.4 Å². The maximum Gasteiger partial charge on any atom is 0.227 e. The summed E-state index contributed by atoms with van der Waals surface area (Å²) in [7, 11) is 0. The van der Waals surface area contributed by atoms with E-state index >= 15 is 0 Å². The standard InChI is InChI=1S/C17H17BrN4OS/c18-16-5-4-15(24-16)14-6-7-20-17(22-14)21-13-3-1-2-12(10-13)11-19-8-9-23/h1-7,10,19,23H,8-9,11H2,(H,20,21,22). The lowest BCUT2D eigenvalue weighted by Gasteiger charge is -2.08. The highest BCUT2D eigenvalue weighted by Gasteiger charge is 2.05. The van der Waals surface area contributed by atoms with Crippen molar-refractivity contribution in [3.63, 3.8) is 0 Å². The highest BCUT2D eigenvalue weighted by atomic mass is 79.9. The normalized spacial score (nSPS) is 10.8. The number of hydrogen-bond donors (Lipinski definition) is 3. The van der Waals surface area contributed by atoms with Crippen LogP contribution in [0.25, 0.3) is 10.6 Å². The van der Waals surface area contributed by atoms with E-state index in [1.165, 1.54) is 0 Å². The average Bonchev–Trinajstić information content (AvgIpc) is 3.02. The van der Waals surface area contributed by atoms with Gasteiger partial charge in [-0.05, 0) is 51.8 Å². The molecule has 3 rings (SSSR count). The minimum atomic E-state index is 0.136. The van der Waals surface area contributed by atoms with Gasteiger partial charge in [-0.2, -0.15) is 0 Å². The number of aliphatic hydroxyl groups is 1. The predicted molar refractivity (Wildman–Crippen MR) is 102 cm³/mol. The lowest BCUT2D eigenvalue weighted by atomic mass is 10.2. The number of nitrogens with one attached hydrogen (secondary N) is 2. The second-order valence-electron chi connectivity index (χ2n) is 5.10. The van der Waals surface area contributed by atoms with Gasteiger partial charge in [-0.3, -0.25) is 0 Å². The molecule has 0 saturated carbocycles. The highest BCUT2D eigenvalue weighted by Crippen LogP contribution is 2.30. The van der Waals surface area contributed by atoms with Crippen molar-refractivity contribution < 1.29 is 5.11 Å². The monoisotopic (exact) mass is 404 g/mol. The molecule has 0 unspecified atom stereocenters. The van der Waals surface area contributed by atoms with Gasteiger partial charge in [0.25, 0.3) is 0 Å². The SMILES string of the molecule is OCCNCc1cccc(Nc2nccc(-c3ccc(Br)s3)n2)c1. The number of thiophene rings is 1. The molecule has 1 aromatic carbocycles. The third-order valence-corrected chi connectivity index (χ3v) is 4.93. The second kappa shape index (κ2) is 8.34. The Bertz CT molecular complexity index is 809. The summed E-state index contributed by atoms with van der Waals surface area (Å²) in [6.45, 7) is 1.43. The molecule has 24 heavy (non-hydrogen) atoms. The molecule has 0 fully saturated rings. The van der Waals surface area contributed by atoms with Crippen LogP contribution in [0, 0.1) is 0 Å². The average molecular weight is 405 g/mol. The van der Waals surface area contributed by atoms with Gasteiger partial charge in [0.2, 0.25) is 5.95 Å². The van der Waals surface area contributed by atoms with Crippen LogP contribution in [0.1, 0.15) is 5.56 Å². The van der Waals surface area contributed by atoms with E-state index in [4.69, 9.17) is 5.11 Å². The van der Waals surface area contributed by atoms with E-state index in [-0.39, 0.29) is 6.61 Å². The summed E-state index contributed by atoms with van der Waals surface area (Å²) in [5.74, 6) is 0.567. The molecule has 2 heterocycles. The molecule has 0 amide bonds. The molecule has 5 nitrogen and oxygen atoms in total. The van der Waals surface area contributed by atoms with Crippen LogP contribution >= 0.6 is 27.3 Å². The number of halogens is 1. The summed E-state index contributed by atoms with van der Waals surface area (Å²) in [6.07, 6.45) is 1.75. The molecule has 0 aliphatic carbocycles. The Morgan fingerprint density at radius 3 is 2.88 bits per heavy atom. The van der Waals surface area contributed by atoms with Crippen molar-refractivity contribution in [3.05, 3.63) is 58.0 Å². The summed E-state index contributed by atoms with van der Waals surface area (Å²) in [5, 5.41) is 15.2. The quantitative estimate of drug-likeness (QED) is 0.522. The van der Waals surface area contributed by atoms with Crippen molar-refractivity contribution in [1.82, 2.24) is 15.3 Å². The van der Waals surface area contributed by atoms with Gasteiger partial charge >= 0.3 is 0 Å². The zero-order chi connectivity index (χ0) is 16.8. The van der Waals surface area contributed by atoms with Crippen LogP contribution in [0.4, 0.5) is 11.6 Å². The summed E-state index contributed by atoms with van der Waals surface area (Å²) < 4.78 is 1.08. The van der Waals surface area contributed by atoms with Crippen LogP contribution in [-0.4, -0.2) is 28.2 Å². The summed E-state index contributed by atoms with van der Waals surface area (Å²) in [4.78, 5) is 9.96. The van der Waals surface area contributed by atoms with Gasteiger partial charge in [-0.15, -0.1) is 11.3 Å². The third-order valence-electron chi connectivity index (χ3n) is 3.28. The molecule has 0 aliphatic rings. The first-order valence-corrected chi connectivity index (χ1v) is 9.12. The zero-order valence-electron chi connectivity index (χ0n) is 12.9. The van der Waals surface area contributed by atoms with Crippen molar-refractivity contribution in [3.8, 4) is 10.6 Å². The molecule has 0 spiro atoms. The van der Waals surface area contributed by atoms with Gasteiger partial charge in [-0.25, -0.2) is 9.97 Å². The first-order valence-electron chi connectivity index (χ1n) is 7.51. The largest absolute Gasteiger partial charge is 0.395 e. The van der Waals surface area contributed by atoms with Crippen molar-refractivity contribution in [1.29, 1.82) is 0 Å². The lowest BCUT2D eigenvalue weighted by Crippen LogP contribution is -2.17. The molecule has 124 valence electrons. The number of aliphatic hydroxyl groups excluding tert-OH is 1. The fourth-order valence-electron chi connectivity index (χ4n) is 2.21. The molecule has 0 radical (unpaired) electrons. The van der Waals surface area contributed by atoms with Crippen LogP contribution in [0.3, 0.4) is 0 Å². The maximum absolute atomic E-state index is 8.82. The summed E-state index contributed by atoms with van der Waals surface area (Å²) in [6, 6.07) is 14.0. The van der Waals surface area contributed by atoms with Crippen LogP contribution in [-0.2, 0) is 6.54 Å². The number of nitrogens with zero attached hydrogens (tertiary/aromatic N) is 2. The number of anilines is 2. The minimum Gasteiger partial charge on any atom is -0.395 e. The fourth-order valence-corrected chi connectivity index (χ4v) is 3.56. The van der Waals surface area contributed by atoms with Gasteiger partial charge in [-0.1, -0.05) is 12.1 Å². The number of benzene rings is 1. The summed E-state index contributed by atoms with van der Waals surface area (Å²) >= 11 is 5.11. The fraction of sp³-hybridized carbons (Fsp3) is 0.176. The van der Waals surface area contributed by atoms with Gasteiger partial charge in [0.05, 0.1) is 21.0 Å². The van der Waals surface area contributed by atoms with Gasteiger partial charge in [0, 0.05) is 25.0 Å². The van der Waals surface area contributed by atoms with E-state index in [1.807, 2.05) is 42.5 Å². The smallest absolute Gasteiger partial charge is 0.227 e.